The van der Waals surface area contributed by atoms with E-state index in [1.54, 1.807) is 30.3 Å². The standard InChI is InChI=1S/C27H24F4O2/c1-3-5-7-16-8-9-19(21(28)12-16)15-32-22-14-20-13-18-11-10-17(6-4-2)23(29)26(18)33-27(20)25(31)24(22)30/h3,8-12,14H,1,4-7,13,15H2,2H3. The molecular formula is C27H24F4O2. The van der Waals surface area contributed by atoms with Gasteiger partial charge in [0.25, 0.3) is 0 Å². The van der Waals surface area contributed by atoms with E-state index in [4.69, 9.17) is 9.47 Å². The lowest BCUT2D eigenvalue weighted by Crippen LogP contribution is -2.11. The van der Waals surface area contributed by atoms with Crippen LogP contribution < -0.4 is 9.47 Å². The smallest absolute Gasteiger partial charge is 0.205 e. The number of ether oxygens (including phenoxy) is 2. The molecule has 0 aliphatic carbocycles. The summed E-state index contributed by atoms with van der Waals surface area (Å²) in [4.78, 5) is 0. The molecule has 1 aliphatic rings. The van der Waals surface area contributed by atoms with Gasteiger partial charge < -0.3 is 9.47 Å². The van der Waals surface area contributed by atoms with Gasteiger partial charge in [0.2, 0.25) is 11.6 Å². The molecule has 4 rings (SSSR count). The van der Waals surface area contributed by atoms with Gasteiger partial charge in [-0.05, 0) is 42.5 Å². The minimum atomic E-state index is -1.26. The second-order valence-corrected chi connectivity index (χ2v) is 8.09. The molecule has 0 amide bonds. The molecule has 0 N–H and O–H groups in total. The molecule has 0 saturated carbocycles. The van der Waals surface area contributed by atoms with Crippen LogP contribution in [0.5, 0.6) is 17.2 Å². The minimum absolute atomic E-state index is 0.0703. The van der Waals surface area contributed by atoms with Gasteiger partial charge in [-0.15, -0.1) is 6.58 Å². The van der Waals surface area contributed by atoms with Crippen LogP contribution in [0.25, 0.3) is 0 Å². The highest BCUT2D eigenvalue weighted by molar-refractivity contribution is 5.54. The van der Waals surface area contributed by atoms with Crippen molar-refractivity contribution in [2.24, 2.45) is 0 Å². The summed E-state index contributed by atoms with van der Waals surface area (Å²) in [5.74, 6) is -4.31. The van der Waals surface area contributed by atoms with Crippen molar-refractivity contribution in [3.8, 4) is 17.2 Å². The molecule has 0 unspecified atom stereocenters. The zero-order chi connectivity index (χ0) is 23.5. The maximum absolute atomic E-state index is 14.8. The van der Waals surface area contributed by atoms with Crippen LogP contribution >= 0.6 is 0 Å². The third kappa shape index (κ3) is 4.61. The summed E-state index contributed by atoms with van der Waals surface area (Å²) in [6.07, 6.45) is 4.56. The predicted molar refractivity (Wildman–Crippen MR) is 119 cm³/mol. The van der Waals surface area contributed by atoms with Crippen molar-refractivity contribution in [2.75, 3.05) is 0 Å². The highest BCUT2D eigenvalue weighted by atomic mass is 19.2. The summed E-state index contributed by atoms with van der Waals surface area (Å²) in [7, 11) is 0. The van der Waals surface area contributed by atoms with E-state index in [1.807, 2.05) is 6.92 Å². The lowest BCUT2D eigenvalue weighted by molar-refractivity contribution is 0.275. The second kappa shape index (κ2) is 9.69. The van der Waals surface area contributed by atoms with Gasteiger partial charge in [-0.25, -0.2) is 8.78 Å². The molecule has 1 heterocycles. The number of hydrogen-bond acceptors (Lipinski definition) is 2. The number of allylic oxidation sites excluding steroid dienone is 1. The van der Waals surface area contributed by atoms with Gasteiger partial charge >= 0.3 is 0 Å². The Morgan fingerprint density at radius 3 is 2.39 bits per heavy atom. The summed E-state index contributed by atoms with van der Waals surface area (Å²) >= 11 is 0. The van der Waals surface area contributed by atoms with E-state index >= 15 is 0 Å². The van der Waals surface area contributed by atoms with Crippen molar-refractivity contribution in [1.82, 2.24) is 0 Å². The van der Waals surface area contributed by atoms with E-state index < -0.39 is 23.3 Å². The normalized spacial score (nSPS) is 12.0. The highest BCUT2D eigenvalue weighted by Crippen LogP contribution is 2.43. The monoisotopic (exact) mass is 456 g/mol. The Bertz CT molecular complexity index is 1200. The average Bonchev–Trinajstić information content (AvgIpc) is 2.81. The van der Waals surface area contributed by atoms with Crippen LogP contribution in [-0.4, -0.2) is 0 Å². The summed E-state index contributed by atoms with van der Waals surface area (Å²) < 4.78 is 69.6. The van der Waals surface area contributed by atoms with Crippen molar-refractivity contribution >= 4 is 0 Å². The van der Waals surface area contributed by atoms with Crippen molar-refractivity contribution in [3.63, 3.8) is 0 Å². The Balaban J connectivity index is 1.56. The molecule has 0 saturated heterocycles. The molecule has 33 heavy (non-hydrogen) atoms. The molecule has 0 bridgehead atoms. The van der Waals surface area contributed by atoms with Gasteiger partial charge in [-0.2, -0.15) is 8.78 Å². The van der Waals surface area contributed by atoms with Crippen LogP contribution in [-0.2, 0) is 25.9 Å². The van der Waals surface area contributed by atoms with Gasteiger partial charge in [0, 0.05) is 23.1 Å². The molecule has 2 nitrogen and oxygen atoms in total. The summed E-state index contributed by atoms with van der Waals surface area (Å²) in [5, 5.41) is 0. The summed E-state index contributed by atoms with van der Waals surface area (Å²) in [5.41, 5.74) is 2.38. The average molecular weight is 456 g/mol. The van der Waals surface area contributed by atoms with Crippen molar-refractivity contribution in [3.05, 3.63) is 100 Å². The second-order valence-electron chi connectivity index (χ2n) is 8.09. The van der Waals surface area contributed by atoms with Crippen LogP contribution in [0.2, 0.25) is 0 Å². The van der Waals surface area contributed by atoms with E-state index in [2.05, 4.69) is 6.58 Å². The van der Waals surface area contributed by atoms with Gasteiger partial charge in [-0.3, -0.25) is 0 Å². The molecule has 6 heteroatoms. The molecule has 0 aromatic heterocycles. The molecular weight excluding hydrogens is 432 g/mol. The zero-order valence-electron chi connectivity index (χ0n) is 18.3. The van der Waals surface area contributed by atoms with Gasteiger partial charge in [0.05, 0.1) is 0 Å². The van der Waals surface area contributed by atoms with E-state index in [0.717, 1.165) is 18.4 Å². The first-order valence-electron chi connectivity index (χ1n) is 10.9. The first-order chi connectivity index (χ1) is 15.9. The Morgan fingerprint density at radius 1 is 0.909 bits per heavy atom. The molecule has 0 fully saturated rings. The largest absolute Gasteiger partial charge is 0.486 e. The van der Waals surface area contributed by atoms with E-state index in [9.17, 15) is 17.6 Å². The highest BCUT2D eigenvalue weighted by Gasteiger charge is 2.29. The molecule has 0 atom stereocenters. The Kier molecular flexibility index (Phi) is 6.72. The topological polar surface area (TPSA) is 18.5 Å². The number of benzene rings is 3. The van der Waals surface area contributed by atoms with Crippen LogP contribution in [0, 0.1) is 23.3 Å². The third-order valence-electron chi connectivity index (χ3n) is 5.71. The molecule has 3 aromatic rings. The lowest BCUT2D eigenvalue weighted by atomic mass is 9.97. The van der Waals surface area contributed by atoms with E-state index in [-0.39, 0.29) is 35.8 Å². The van der Waals surface area contributed by atoms with Gasteiger partial charge in [-0.1, -0.05) is 43.7 Å². The Hall–Kier alpha value is -3.28. The summed E-state index contributed by atoms with van der Waals surface area (Å²) in [6.45, 7) is 5.30. The fraction of sp³-hybridized carbons (Fsp3) is 0.259. The van der Waals surface area contributed by atoms with Crippen LogP contribution in [0.4, 0.5) is 17.6 Å². The number of rotatable bonds is 8. The quantitative estimate of drug-likeness (QED) is 0.201. The fourth-order valence-electron chi connectivity index (χ4n) is 3.93. The Labute approximate surface area is 190 Å². The predicted octanol–water partition coefficient (Wildman–Crippen LogP) is 7.59. The fourth-order valence-corrected chi connectivity index (χ4v) is 3.93. The molecule has 0 spiro atoms. The summed E-state index contributed by atoms with van der Waals surface area (Å²) in [6, 6.07) is 9.48. The lowest BCUT2D eigenvalue weighted by Gasteiger charge is -2.23. The minimum Gasteiger partial charge on any atom is -0.486 e. The first-order valence-corrected chi connectivity index (χ1v) is 10.9. The number of halogens is 4. The molecule has 3 aromatic carbocycles. The molecule has 1 aliphatic heterocycles. The third-order valence-corrected chi connectivity index (χ3v) is 5.71. The van der Waals surface area contributed by atoms with Crippen LogP contribution in [0.3, 0.4) is 0 Å². The maximum Gasteiger partial charge on any atom is 0.205 e. The van der Waals surface area contributed by atoms with Crippen LogP contribution in [0.1, 0.15) is 47.6 Å². The maximum atomic E-state index is 14.8. The van der Waals surface area contributed by atoms with Crippen molar-refractivity contribution in [1.29, 1.82) is 0 Å². The number of aryl methyl sites for hydroxylation is 2. The van der Waals surface area contributed by atoms with Crippen LogP contribution in [0.15, 0.2) is 49.1 Å². The molecule has 172 valence electrons. The first kappa shape index (κ1) is 22.9. The van der Waals surface area contributed by atoms with E-state index in [1.165, 1.54) is 12.1 Å². The van der Waals surface area contributed by atoms with E-state index in [0.29, 0.717) is 29.5 Å². The van der Waals surface area contributed by atoms with Crippen molar-refractivity contribution < 1.29 is 27.0 Å². The number of fused-ring (bicyclic) bond motifs is 2. The number of hydrogen-bond donors (Lipinski definition) is 0. The molecule has 0 radical (unpaired) electrons. The van der Waals surface area contributed by atoms with Gasteiger partial charge in [0.15, 0.2) is 23.1 Å². The van der Waals surface area contributed by atoms with Gasteiger partial charge in [0.1, 0.15) is 12.4 Å². The SMILES string of the molecule is C=CCCc1ccc(COc2cc3c(c(F)c2F)Oc2c(ccc(CCC)c2F)C3)c(F)c1. The van der Waals surface area contributed by atoms with Crippen molar-refractivity contribution in [2.45, 2.75) is 45.6 Å². The Morgan fingerprint density at radius 2 is 1.67 bits per heavy atom. The zero-order valence-corrected chi connectivity index (χ0v) is 18.3.